The molecule has 0 fully saturated rings. The molecule has 8 heteroatoms. The first-order valence-electron chi connectivity index (χ1n) is 10.9. The molecule has 0 saturated carbocycles. The molecule has 0 aliphatic heterocycles. The Labute approximate surface area is 195 Å². The predicted molar refractivity (Wildman–Crippen MR) is 134 cm³/mol. The average molecular weight is 460 g/mol. The highest BCUT2D eigenvalue weighted by atomic mass is 32.1. The van der Waals surface area contributed by atoms with E-state index in [9.17, 15) is 0 Å². The van der Waals surface area contributed by atoms with Gasteiger partial charge in [-0.1, -0.05) is 24.3 Å². The van der Waals surface area contributed by atoms with Gasteiger partial charge in [-0.2, -0.15) is 0 Å². The average Bonchev–Trinajstić information content (AvgIpc) is 3.49. The lowest BCUT2D eigenvalue weighted by Crippen LogP contribution is -2.19. The number of thiophene rings is 1. The van der Waals surface area contributed by atoms with Gasteiger partial charge in [0.2, 0.25) is 0 Å². The first-order valence-corrected chi connectivity index (χ1v) is 11.7. The molecule has 4 N–H and O–H groups in total. The third-order valence-corrected chi connectivity index (χ3v) is 6.53. The van der Waals surface area contributed by atoms with Crippen molar-refractivity contribution in [3.05, 3.63) is 72.7 Å². The quantitative estimate of drug-likeness (QED) is 0.227. The van der Waals surface area contributed by atoms with Crippen LogP contribution >= 0.6 is 11.3 Å². The predicted octanol–water partition coefficient (Wildman–Crippen LogP) is 4.68. The van der Waals surface area contributed by atoms with Gasteiger partial charge in [0.1, 0.15) is 6.33 Å². The van der Waals surface area contributed by atoms with Gasteiger partial charge >= 0.3 is 0 Å². The molecule has 0 saturated heterocycles. The molecule has 3 aromatic heterocycles. The summed E-state index contributed by atoms with van der Waals surface area (Å²) in [5.41, 5.74) is 5.41. The molecule has 5 rings (SSSR count). The van der Waals surface area contributed by atoms with Crippen LogP contribution in [-0.4, -0.2) is 46.4 Å². The van der Waals surface area contributed by atoms with Crippen molar-refractivity contribution >= 4 is 44.0 Å². The Balaban J connectivity index is 1.29. The van der Waals surface area contributed by atoms with Gasteiger partial charge in [-0.15, -0.1) is 11.3 Å². The SMILES string of the molecule is OCCOCCNCc1ccc(-c2cc3ncnc(Nc4ccc5[nH]ccc5c4)c3s2)cc1. The molecule has 0 unspecified atom stereocenters. The monoisotopic (exact) mass is 459 g/mol. The molecule has 0 amide bonds. The minimum absolute atomic E-state index is 0.0612. The zero-order valence-corrected chi connectivity index (χ0v) is 18.9. The van der Waals surface area contributed by atoms with Gasteiger partial charge in [0.15, 0.2) is 5.82 Å². The minimum atomic E-state index is 0.0612. The number of aliphatic hydroxyl groups excluding tert-OH is 1. The van der Waals surface area contributed by atoms with Crippen LogP contribution in [0.4, 0.5) is 11.5 Å². The molecule has 0 bridgehead atoms. The normalized spacial score (nSPS) is 11.4. The van der Waals surface area contributed by atoms with Crippen LogP contribution in [0, 0.1) is 0 Å². The van der Waals surface area contributed by atoms with Gasteiger partial charge in [-0.3, -0.25) is 0 Å². The van der Waals surface area contributed by atoms with Gasteiger partial charge in [0.25, 0.3) is 0 Å². The van der Waals surface area contributed by atoms with Crippen molar-refractivity contribution in [3.8, 4) is 10.4 Å². The fourth-order valence-electron chi connectivity index (χ4n) is 3.68. The fraction of sp³-hybridized carbons (Fsp3) is 0.200. The second-order valence-electron chi connectivity index (χ2n) is 7.66. The van der Waals surface area contributed by atoms with Gasteiger partial charge in [0, 0.05) is 40.8 Å². The second-order valence-corrected chi connectivity index (χ2v) is 8.71. The van der Waals surface area contributed by atoms with Gasteiger partial charge in [-0.25, -0.2) is 9.97 Å². The Bertz CT molecular complexity index is 1350. The van der Waals surface area contributed by atoms with E-state index >= 15 is 0 Å². The zero-order valence-electron chi connectivity index (χ0n) is 18.0. The molecule has 3 heterocycles. The van der Waals surface area contributed by atoms with E-state index in [1.807, 2.05) is 12.3 Å². The highest BCUT2D eigenvalue weighted by Crippen LogP contribution is 2.36. The van der Waals surface area contributed by atoms with Crippen LogP contribution in [0.1, 0.15) is 5.56 Å². The van der Waals surface area contributed by atoms with Crippen molar-refractivity contribution in [2.75, 3.05) is 31.7 Å². The smallest absolute Gasteiger partial charge is 0.151 e. The number of H-pyrrole nitrogens is 1. The highest BCUT2D eigenvalue weighted by Gasteiger charge is 2.11. The van der Waals surface area contributed by atoms with Crippen LogP contribution in [0.2, 0.25) is 0 Å². The summed E-state index contributed by atoms with van der Waals surface area (Å²) in [6, 6.07) is 19.0. The largest absolute Gasteiger partial charge is 0.394 e. The third kappa shape index (κ3) is 5.04. The van der Waals surface area contributed by atoms with Crippen molar-refractivity contribution in [1.82, 2.24) is 20.3 Å². The summed E-state index contributed by atoms with van der Waals surface area (Å²) in [6.45, 7) is 2.57. The minimum Gasteiger partial charge on any atom is -0.394 e. The summed E-state index contributed by atoms with van der Waals surface area (Å²) >= 11 is 1.69. The van der Waals surface area contributed by atoms with Crippen molar-refractivity contribution in [1.29, 1.82) is 0 Å². The number of rotatable bonds is 10. The Morgan fingerprint density at radius 1 is 1.00 bits per heavy atom. The summed E-state index contributed by atoms with van der Waals surface area (Å²) in [7, 11) is 0. The summed E-state index contributed by atoms with van der Waals surface area (Å²) in [5.74, 6) is 0.815. The molecular weight excluding hydrogens is 434 g/mol. The number of hydrogen-bond acceptors (Lipinski definition) is 7. The molecule has 0 aliphatic rings. The number of aromatic amines is 1. The molecule has 2 aromatic carbocycles. The van der Waals surface area contributed by atoms with Crippen LogP contribution in [0.25, 0.3) is 31.6 Å². The summed E-state index contributed by atoms with van der Waals surface area (Å²) in [6.07, 6.45) is 3.55. The molecule has 0 atom stereocenters. The lowest BCUT2D eigenvalue weighted by Gasteiger charge is -2.06. The maximum absolute atomic E-state index is 8.72. The van der Waals surface area contributed by atoms with Crippen molar-refractivity contribution in [2.45, 2.75) is 6.54 Å². The van der Waals surface area contributed by atoms with E-state index in [2.05, 4.69) is 74.1 Å². The van der Waals surface area contributed by atoms with Crippen LogP contribution in [0.3, 0.4) is 0 Å². The molecule has 0 spiro atoms. The van der Waals surface area contributed by atoms with Crippen LogP contribution < -0.4 is 10.6 Å². The number of nitrogens with zero attached hydrogens (tertiary/aromatic N) is 2. The third-order valence-electron chi connectivity index (χ3n) is 5.35. The number of nitrogens with one attached hydrogen (secondary N) is 3. The van der Waals surface area contributed by atoms with E-state index in [0.29, 0.717) is 13.2 Å². The van der Waals surface area contributed by atoms with Crippen LogP contribution in [-0.2, 0) is 11.3 Å². The van der Waals surface area contributed by atoms with Gasteiger partial charge in [0.05, 0.1) is 30.0 Å². The number of aliphatic hydroxyl groups is 1. The Hall–Kier alpha value is -3.30. The van der Waals surface area contributed by atoms with Gasteiger partial charge < -0.3 is 25.5 Å². The lowest BCUT2D eigenvalue weighted by atomic mass is 10.1. The van der Waals surface area contributed by atoms with Gasteiger partial charge in [-0.05, 0) is 41.5 Å². The van der Waals surface area contributed by atoms with E-state index in [1.165, 1.54) is 5.56 Å². The molecule has 0 radical (unpaired) electrons. The maximum Gasteiger partial charge on any atom is 0.151 e. The van der Waals surface area contributed by atoms with Crippen molar-refractivity contribution in [2.24, 2.45) is 0 Å². The van der Waals surface area contributed by atoms with E-state index in [-0.39, 0.29) is 6.61 Å². The topological polar surface area (TPSA) is 95.1 Å². The number of ether oxygens (including phenoxy) is 1. The first-order chi connectivity index (χ1) is 16.3. The number of hydrogen-bond donors (Lipinski definition) is 4. The molecule has 0 aliphatic carbocycles. The molecule has 168 valence electrons. The van der Waals surface area contributed by atoms with Crippen molar-refractivity contribution < 1.29 is 9.84 Å². The molecular formula is C25H25N5O2S. The first kappa shape index (κ1) is 21.5. The highest BCUT2D eigenvalue weighted by molar-refractivity contribution is 7.22. The van der Waals surface area contributed by atoms with E-state index < -0.39 is 0 Å². The van der Waals surface area contributed by atoms with E-state index in [4.69, 9.17) is 9.84 Å². The maximum atomic E-state index is 8.72. The summed E-state index contributed by atoms with van der Waals surface area (Å²) in [4.78, 5) is 13.4. The molecule has 33 heavy (non-hydrogen) atoms. The lowest BCUT2D eigenvalue weighted by molar-refractivity contribution is 0.0938. The number of anilines is 2. The van der Waals surface area contributed by atoms with E-state index in [0.717, 1.165) is 56.2 Å². The van der Waals surface area contributed by atoms with Crippen molar-refractivity contribution in [3.63, 3.8) is 0 Å². The Morgan fingerprint density at radius 2 is 1.91 bits per heavy atom. The van der Waals surface area contributed by atoms with Crippen LogP contribution in [0.15, 0.2) is 67.1 Å². The standard InChI is InChI=1S/C25H25N5O2S/c31-10-12-32-11-9-26-15-17-1-3-18(4-2-17)23-14-22-24(33-23)25(29-16-28-22)30-20-5-6-21-19(13-20)7-8-27-21/h1-8,13-14,16,26-27,31H,9-12,15H2,(H,28,29,30). The zero-order chi connectivity index (χ0) is 22.5. The Morgan fingerprint density at radius 3 is 2.79 bits per heavy atom. The molecule has 7 nitrogen and oxygen atoms in total. The number of fused-ring (bicyclic) bond motifs is 2. The number of benzene rings is 2. The molecule has 5 aromatic rings. The summed E-state index contributed by atoms with van der Waals surface area (Å²) in [5, 5.41) is 16.7. The van der Waals surface area contributed by atoms with Crippen LogP contribution in [0.5, 0.6) is 0 Å². The van der Waals surface area contributed by atoms with E-state index in [1.54, 1.807) is 17.7 Å². The fourth-order valence-corrected chi connectivity index (χ4v) is 4.75. The Kier molecular flexibility index (Phi) is 6.59. The second kappa shape index (κ2) is 10.1. The summed E-state index contributed by atoms with van der Waals surface area (Å²) < 4.78 is 6.30. The number of aromatic nitrogens is 3.